The third-order valence-electron chi connectivity index (χ3n) is 4.11. The van der Waals surface area contributed by atoms with Crippen LogP contribution >= 0.6 is 15.9 Å². The van der Waals surface area contributed by atoms with Crippen LogP contribution in [0.2, 0.25) is 0 Å². The predicted molar refractivity (Wildman–Crippen MR) is 86.6 cm³/mol. The summed E-state index contributed by atoms with van der Waals surface area (Å²) in [6.07, 6.45) is -1.05. The Hall–Kier alpha value is -1.84. The van der Waals surface area contributed by atoms with Crippen molar-refractivity contribution in [2.75, 3.05) is 0 Å². The Labute approximate surface area is 150 Å². The maximum Gasteiger partial charge on any atom is 0.435 e. The van der Waals surface area contributed by atoms with Gasteiger partial charge < -0.3 is 5.32 Å². The summed E-state index contributed by atoms with van der Waals surface area (Å²) >= 11 is 3.34. The summed E-state index contributed by atoms with van der Waals surface area (Å²) < 4.78 is 42.3. The molecule has 1 fully saturated rings. The van der Waals surface area contributed by atoms with Gasteiger partial charge in [-0.05, 0) is 34.8 Å². The highest BCUT2D eigenvalue weighted by atomic mass is 79.9. The van der Waals surface area contributed by atoms with E-state index in [9.17, 15) is 18.0 Å². The zero-order chi connectivity index (χ0) is 18.2. The van der Waals surface area contributed by atoms with Crippen molar-refractivity contribution in [2.45, 2.75) is 44.4 Å². The fourth-order valence-electron chi connectivity index (χ4n) is 2.57. The number of alkyl halides is 3. The Bertz CT molecular complexity index is 759. The summed E-state index contributed by atoms with van der Waals surface area (Å²) in [7, 11) is 1.76. The van der Waals surface area contributed by atoms with E-state index in [2.05, 4.69) is 31.4 Å². The first-order chi connectivity index (χ1) is 11.8. The van der Waals surface area contributed by atoms with Gasteiger partial charge in [0.2, 0.25) is 5.91 Å². The number of hydrogen-bond donors (Lipinski definition) is 1. The summed E-state index contributed by atoms with van der Waals surface area (Å²) in [5.41, 5.74) is 0.480. The van der Waals surface area contributed by atoms with Crippen LogP contribution in [0.15, 0.2) is 16.7 Å². The van der Waals surface area contributed by atoms with Crippen molar-refractivity contribution in [2.24, 2.45) is 7.05 Å². The van der Waals surface area contributed by atoms with Gasteiger partial charge in [-0.25, -0.2) is 0 Å². The monoisotopic (exact) mass is 419 g/mol. The Morgan fingerprint density at radius 2 is 2.16 bits per heavy atom. The van der Waals surface area contributed by atoms with E-state index in [1.165, 1.54) is 4.68 Å². The average Bonchev–Trinajstić information content (AvgIpc) is 3.20. The van der Waals surface area contributed by atoms with Crippen LogP contribution in [0, 0.1) is 0 Å². The van der Waals surface area contributed by atoms with Crippen LogP contribution in [0.3, 0.4) is 0 Å². The van der Waals surface area contributed by atoms with Gasteiger partial charge >= 0.3 is 6.18 Å². The molecule has 1 aliphatic carbocycles. The lowest BCUT2D eigenvalue weighted by Crippen LogP contribution is -2.25. The smallest absolute Gasteiger partial charge is 0.350 e. The molecular formula is C15H17BrF3N5O. The highest BCUT2D eigenvalue weighted by Gasteiger charge is 2.37. The van der Waals surface area contributed by atoms with Gasteiger partial charge in [0.25, 0.3) is 0 Å². The largest absolute Gasteiger partial charge is 0.435 e. The van der Waals surface area contributed by atoms with E-state index < -0.39 is 11.9 Å². The lowest BCUT2D eigenvalue weighted by molar-refractivity contribution is -0.141. The Morgan fingerprint density at radius 1 is 1.44 bits per heavy atom. The first-order valence-corrected chi connectivity index (χ1v) is 8.63. The van der Waals surface area contributed by atoms with E-state index in [0.717, 1.165) is 29.1 Å². The second-order valence-corrected chi connectivity index (χ2v) is 6.89. The Kier molecular flexibility index (Phi) is 4.90. The molecule has 25 heavy (non-hydrogen) atoms. The third-order valence-corrected chi connectivity index (χ3v) is 4.77. The fourth-order valence-corrected chi connectivity index (χ4v) is 3.06. The number of aryl methyl sites for hydroxylation is 2. The van der Waals surface area contributed by atoms with Crippen LogP contribution in [0.25, 0.3) is 0 Å². The Balaban J connectivity index is 1.59. The molecule has 0 saturated heterocycles. The van der Waals surface area contributed by atoms with Gasteiger partial charge in [-0.1, -0.05) is 0 Å². The standard InChI is InChI=1S/C15H17BrF3N5O/c1-23-12(10(16)7-21-23)8-20-14(25)4-5-24-11(9-2-3-9)6-13(22-24)15(17,18)19/h6-7,9H,2-5,8H2,1H3,(H,20,25). The molecule has 0 bridgehead atoms. The first kappa shape index (κ1) is 18.0. The minimum absolute atomic E-state index is 0.0637. The molecule has 0 spiro atoms. The van der Waals surface area contributed by atoms with Crippen molar-refractivity contribution in [3.63, 3.8) is 0 Å². The fraction of sp³-hybridized carbons (Fsp3) is 0.533. The van der Waals surface area contributed by atoms with Crippen molar-refractivity contribution in [3.8, 4) is 0 Å². The van der Waals surface area contributed by atoms with Crippen molar-refractivity contribution in [1.29, 1.82) is 0 Å². The molecule has 0 radical (unpaired) electrons. The van der Waals surface area contributed by atoms with E-state index in [4.69, 9.17) is 0 Å². The molecule has 0 atom stereocenters. The zero-order valence-electron chi connectivity index (χ0n) is 13.5. The number of rotatable bonds is 6. The Morgan fingerprint density at radius 3 is 2.72 bits per heavy atom. The van der Waals surface area contributed by atoms with E-state index in [1.807, 2.05) is 0 Å². The van der Waals surface area contributed by atoms with Gasteiger partial charge in [0.15, 0.2) is 5.69 Å². The van der Waals surface area contributed by atoms with Crippen LogP contribution in [0.5, 0.6) is 0 Å². The molecule has 10 heteroatoms. The second-order valence-electron chi connectivity index (χ2n) is 6.04. The number of carbonyl (C=O) groups is 1. The van der Waals surface area contributed by atoms with Crippen molar-refractivity contribution >= 4 is 21.8 Å². The van der Waals surface area contributed by atoms with Crippen LogP contribution in [-0.2, 0) is 31.1 Å². The van der Waals surface area contributed by atoms with Crippen molar-refractivity contribution in [1.82, 2.24) is 24.9 Å². The lowest BCUT2D eigenvalue weighted by Gasteiger charge is -2.08. The van der Waals surface area contributed by atoms with Gasteiger partial charge in [0, 0.05) is 31.6 Å². The highest BCUT2D eigenvalue weighted by molar-refractivity contribution is 9.10. The summed E-state index contributed by atoms with van der Waals surface area (Å²) in [6, 6.07) is 1.10. The SMILES string of the molecule is Cn1ncc(Br)c1CNC(=O)CCn1nc(C(F)(F)F)cc1C1CC1. The molecule has 1 amide bonds. The lowest BCUT2D eigenvalue weighted by atomic mass is 10.2. The maximum atomic E-state index is 12.8. The molecule has 2 heterocycles. The molecule has 1 aliphatic rings. The normalized spacial score (nSPS) is 14.8. The number of nitrogens with zero attached hydrogens (tertiary/aromatic N) is 4. The van der Waals surface area contributed by atoms with E-state index in [0.29, 0.717) is 5.69 Å². The zero-order valence-corrected chi connectivity index (χ0v) is 15.1. The van der Waals surface area contributed by atoms with Gasteiger partial charge in [-0.2, -0.15) is 23.4 Å². The number of amides is 1. The van der Waals surface area contributed by atoms with Crippen LogP contribution in [0.4, 0.5) is 13.2 Å². The number of halogens is 4. The third kappa shape index (κ3) is 4.23. The molecule has 1 N–H and O–H groups in total. The topological polar surface area (TPSA) is 64.7 Å². The molecule has 2 aromatic heterocycles. The van der Waals surface area contributed by atoms with Crippen LogP contribution < -0.4 is 5.32 Å². The van der Waals surface area contributed by atoms with E-state index in [-0.39, 0.29) is 31.3 Å². The maximum absolute atomic E-state index is 12.8. The van der Waals surface area contributed by atoms with Gasteiger partial charge in [0.05, 0.1) is 22.9 Å². The van der Waals surface area contributed by atoms with Crippen molar-refractivity contribution < 1.29 is 18.0 Å². The van der Waals surface area contributed by atoms with Crippen LogP contribution in [-0.4, -0.2) is 25.5 Å². The molecule has 0 aliphatic heterocycles. The van der Waals surface area contributed by atoms with Crippen molar-refractivity contribution in [3.05, 3.63) is 33.8 Å². The number of aromatic nitrogens is 4. The second kappa shape index (κ2) is 6.81. The van der Waals surface area contributed by atoms with Gasteiger partial charge in [0.1, 0.15) is 0 Å². The van der Waals surface area contributed by atoms with E-state index in [1.54, 1.807) is 17.9 Å². The minimum Gasteiger partial charge on any atom is -0.350 e. The molecule has 1 saturated carbocycles. The molecule has 0 aromatic carbocycles. The first-order valence-electron chi connectivity index (χ1n) is 7.83. The molecule has 6 nitrogen and oxygen atoms in total. The van der Waals surface area contributed by atoms with Gasteiger partial charge in [-0.15, -0.1) is 0 Å². The minimum atomic E-state index is -4.47. The number of carbonyl (C=O) groups excluding carboxylic acids is 1. The number of hydrogen-bond acceptors (Lipinski definition) is 3. The summed E-state index contributed by atoms with van der Waals surface area (Å²) in [6.45, 7) is 0.415. The number of nitrogens with one attached hydrogen (secondary N) is 1. The molecule has 3 rings (SSSR count). The highest BCUT2D eigenvalue weighted by Crippen LogP contribution is 2.42. The van der Waals surface area contributed by atoms with Gasteiger partial charge in [-0.3, -0.25) is 14.2 Å². The molecular weight excluding hydrogens is 403 g/mol. The summed E-state index contributed by atoms with van der Waals surface area (Å²) in [5, 5.41) is 10.4. The quantitative estimate of drug-likeness (QED) is 0.782. The molecule has 136 valence electrons. The predicted octanol–water partition coefficient (Wildman–Crippen LogP) is 2.98. The van der Waals surface area contributed by atoms with E-state index >= 15 is 0 Å². The summed E-state index contributed by atoms with van der Waals surface area (Å²) in [4.78, 5) is 12.0. The molecule has 0 unspecified atom stereocenters. The van der Waals surface area contributed by atoms with Crippen LogP contribution in [0.1, 0.15) is 42.3 Å². The summed E-state index contributed by atoms with van der Waals surface area (Å²) in [5.74, 6) is -0.129. The average molecular weight is 420 g/mol. The molecule has 2 aromatic rings.